The summed E-state index contributed by atoms with van der Waals surface area (Å²) in [7, 11) is -1.60. The number of hydrogen-bond donors (Lipinski definition) is 1. The van der Waals surface area contributed by atoms with Crippen LogP contribution in [-0.2, 0) is 10.0 Å². The molecule has 0 rings (SSSR count). The Hall–Kier alpha value is -0.130. The molecule has 1 unspecified atom stereocenters. The minimum atomic E-state index is -3.22. The van der Waals surface area contributed by atoms with Gasteiger partial charge in [-0.1, -0.05) is 13.8 Å². The first-order valence-electron chi connectivity index (χ1n) is 5.71. The van der Waals surface area contributed by atoms with E-state index in [-0.39, 0.29) is 6.04 Å². The molecule has 2 N–H and O–H groups in total. The first-order valence-corrected chi connectivity index (χ1v) is 7.15. The number of nitrogens with zero attached hydrogens (tertiary/aromatic N) is 1. The molecular weight excluding hydrogens is 224 g/mol. The van der Waals surface area contributed by atoms with Crippen molar-refractivity contribution in [3.05, 3.63) is 0 Å². The normalized spacial score (nSPS) is 15.8. The standard InChI is InChI=1S/C11H26N2O2S/c1-9(2)10(12)7-8-13(6)16(14,15)11(3,4)5/h9-10H,7-8,12H2,1-6H3. The lowest BCUT2D eigenvalue weighted by Gasteiger charge is -2.28. The maximum atomic E-state index is 12.0. The zero-order valence-corrected chi connectivity index (χ0v) is 12.1. The Morgan fingerprint density at radius 2 is 1.69 bits per heavy atom. The predicted molar refractivity (Wildman–Crippen MR) is 68.7 cm³/mol. The van der Waals surface area contributed by atoms with Crippen molar-refractivity contribution in [3.8, 4) is 0 Å². The summed E-state index contributed by atoms with van der Waals surface area (Å²) < 4.78 is 24.7. The van der Waals surface area contributed by atoms with E-state index >= 15 is 0 Å². The van der Waals surface area contributed by atoms with Crippen molar-refractivity contribution in [3.63, 3.8) is 0 Å². The van der Waals surface area contributed by atoms with Gasteiger partial charge in [-0.25, -0.2) is 12.7 Å². The fourth-order valence-electron chi connectivity index (χ4n) is 1.25. The summed E-state index contributed by atoms with van der Waals surface area (Å²) in [5.41, 5.74) is 5.90. The molecule has 0 radical (unpaired) electrons. The van der Waals surface area contributed by atoms with Crippen LogP contribution in [0.1, 0.15) is 41.0 Å². The maximum absolute atomic E-state index is 12.0. The Kier molecular flexibility index (Phi) is 5.42. The summed E-state index contributed by atoms with van der Waals surface area (Å²) in [5.74, 6) is 0.380. The highest BCUT2D eigenvalue weighted by atomic mass is 32.2. The van der Waals surface area contributed by atoms with Crippen LogP contribution in [-0.4, -0.2) is 37.1 Å². The van der Waals surface area contributed by atoms with Crippen LogP contribution >= 0.6 is 0 Å². The first-order chi connectivity index (χ1) is 7.00. The second-order valence-corrected chi connectivity index (χ2v) is 8.43. The Balaban J connectivity index is 4.44. The smallest absolute Gasteiger partial charge is 0.218 e. The summed E-state index contributed by atoms with van der Waals surface area (Å²) in [5, 5.41) is 0. The van der Waals surface area contributed by atoms with Gasteiger partial charge < -0.3 is 5.73 Å². The third-order valence-electron chi connectivity index (χ3n) is 2.82. The SMILES string of the molecule is CC(C)C(N)CCN(C)S(=O)(=O)C(C)(C)C. The number of nitrogens with two attached hydrogens (primary N) is 1. The molecule has 0 heterocycles. The molecule has 1 atom stereocenters. The minimum Gasteiger partial charge on any atom is -0.327 e. The van der Waals surface area contributed by atoms with Crippen LogP contribution in [0.3, 0.4) is 0 Å². The van der Waals surface area contributed by atoms with Gasteiger partial charge in [0.1, 0.15) is 0 Å². The van der Waals surface area contributed by atoms with E-state index in [9.17, 15) is 8.42 Å². The quantitative estimate of drug-likeness (QED) is 0.802. The number of rotatable bonds is 5. The average molecular weight is 250 g/mol. The van der Waals surface area contributed by atoms with Crippen LogP contribution in [0.2, 0.25) is 0 Å². The molecule has 4 nitrogen and oxygen atoms in total. The summed E-state index contributed by atoms with van der Waals surface area (Å²) in [4.78, 5) is 0. The molecule has 98 valence electrons. The van der Waals surface area contributed by atoms with E-state index in [1.165, 1.54) is 4.31 Å². The zero-order chi connectivity index (χ0) is 13.1. The number of hydrogen-bond acceptors (Lipinski definition) is 3. The third-order valence-corrected chi connectivity index (χ3v) is 5.37. The molecule has 0 saturated carbocycles. The minimum absolute atomic E-state index is 0.0534. The van der Waals surface area contributed by atoms with Crippen LogP contribution in [0.25, 0.3) is 0 Å². The van der Waals surface area contributed by atoms with Gasteiger partial charge >= 0.3 is 0 Å². The van der Waals surface area contributed by atoms with Crippen LogP contribution in [0.4, 0.5) is 0 Å². The van der Waals surface area contributed by atoms with E-state index in [0.717, 1.165) is 0 Å². The lowest BCUT2D eigenvalue weighted by atomic mass is 10.0. The molecule has 0 aliphatic carbocycles. The molecular formula is C11H26N2O2S. The monoisotopic (exact) mass is 250 g/mol. The summed E-state index contributed by atoms with van der Waals surface area (Å²) >= 11 is 0. The second-order valence-electron chi connectivity index (χ2n) is 5.64. The highest BCUT2D eigenvalue weighted by Crippen LogP contribution is 2.19. The van der Waals surface area contributed by atoms with Crippen LogP contribution in [0.5, 0.6) is 0 Å². The van der Waals surface area contributed by atoms with Crippen molar-refractivity contribution in [2.24, 2.45) is 11.7 Å². The van der Waals surface area contributed by atoms with Gasteiger partial charge in [-0.3, -0.25) is 0 Å². The van der Waals surface area contributed by atoms with Crippen molar-refractivity contribution in [2.45, 2.75) is 51.8 Å². The molecule has 0 bridgehead atoms. The second kappa shape index (κ2) is 5.47. The zero-order valence-electron chi connectivity index (χ0n) is 11.3. The van der Waals surface area contributed by atoms with E-state index in [1.54, 1.807) is 27.8 Å². The first kappa shape index (κ1) is 15.9. The van der Waals surface area contributed by atoms with E-state index < -0.39 is 14.8 Å². The van der Waals surface area contributed by atoms with Gasteiger partial charge in [-0.2, -0.15) is 0 Å². The number of sulfonamides is 1. The Bertz CT molecular complexity index is 304. The molecule has 0 saturated heterocycles. The highest BCUT2D eigenvalue weighted by Gasteiger charge is 2.32. The fourth-order valence-corrected chi connectivity index (χ4v) is 2.53. The summed E-state index contributed by atoms with van der Waals surface area (Å²) in [6.07, 6.45) is 0.698. The largest absolute Gasteiger partial charge is 0.327 e. The van der Waals surface area contributed by atoms with Gasteiger partial charge in [-0.05, 0) is 33.1 Å². The summed E-state index contributed by atoms with van der Waals surface area (Å²) in [6, 6.07) is 0.0534. The van der Waals surface area contributed by atoms with Crippen molar-refractivity contribution in [1.82, 2.24) is 4.31 Å². The van der Waals surface area contributed by atoms with Crippen molar-refractivity contribution in [1.29, 1.82) is 0 Å². The van der Waals surface area contributed by atoms with E-state index in [2.05, 4.69) is 0 Å². The molecule has 0 aromatic rings. The van der Waals surface area contributed by atoms with Gasteiger partial charge in [0.2, 0.25) is 10.0 Å². The molecule has 0 amide bonds. The third kappa shape index (κ3) is 4.03. The van der Waals surface area contributed by atoms with Crippen LogP contribution in [0, 0.1) is 5.92 Å². The fraction of sp³-hybridized carbons (Fsp3) is 1.00. The maximum Gasteiger partial charge on any atom is 0.218 e. The summed E-state index contributed by atoms with van der Waals surface area (Å²) in [6.45, 7) is 9.70. The van der Waals surface area contributed by atoms with Crippen molar-refractivity contribution >= 4 is 10.0 Å². The van der Waals surface area contributed by atoms with Crippen molar-refractivity contribution < 1.29 is 8.42 Å². The lowest BCUT2D eigenvalue weighted by molar-refractivity contribution is 0.388. The van der Waals surface area contributed by atoms with Crippen molar-refractivity contribution in [2.75, 3.05) is 13.6 Å². The van der Waals surface area contributed by atoms with Crippen LogP contribution < -0.4 is 5.73 Å². The molecule has 0 aromatic carbocycles. The van der Waals surface area contributed by atoms with Crippen LogP contribution in [0.15, 0.2) is 0 Å². The molecule has 0 aliphatic rings. The predicted octanol–water partition coefficient (Wildman–Crippen LogP) is 1.42. The van der Waals surface area contributed by atoms with Gasteiger partial charge in [0.05, 0.1) is 4.75 Å². The molecule has 5 heteroatoms. The molecule has 0 aromatic heterocycles. The molecule has 0 spiro atoms. The van der Waals surface area contributed by atoms with Gasteiger partial charge in [-0.15, -0.1) is 0 Å². The molecule has 0 fully saturated rings. The average Bonchev–Trinajstić information content (AvgIpc) is 2.11. The Morgan fingerprint density at radius 3 is 2.00 bits per heavy atom. The van der Waals surface area contributed by atoms with Gasteiger partial charge in [0, 0.05) is 19.6 Å². The lowest BCUT2D eigenvalue weighted by Crippen LogP contribution is -2.42. The molecule has 0 aliphatic heterocycles. The molecule has 16 heavy (non-hydrogen) atoms. The van der Waals surface area contributed by atoms with E-state index in [4.69, 9.17) is 5.73 Å². The van der Waals surface area contributed by atoms with E-state index in [0.29, 0.717) is 18.9 Å². The Labute approximate surface area is 100 Å². The topological polar surface area (TPSA) is 63.4 Å². The van der Waals surface area contributed by atoms with Gasteiger partial charge in [0.25, 0.3) is 0 Å². The Morgan fingerprint density at radius 1 is 1.25 bits per heavy atom. The van der Waals surface area contributed by atoms with Gasteiger partial charge in [0.15, 0.2) is 0 Å². The van der Waals surface area contributed by atoms with E-state index in [1.807, 2.05) is 13.8 Å². The highest BCUT2D eigenvalue weighted by molar-refractivity contribution is 7.90.